The van der Waals surface area contributed by atoms with Crippen LogP contribution in [0.5, 0.6) is 0 Å². The summed E-state index contributed by atoms with van der Waals surface area (Å²) in [6.45, 7) is 8.29. The number of hydrogen-bond acceptors (Lipinski definition) is 4. The number of carbonyl (C=O) groups excluding carboxylic acids is 1. The fourth-order valence-corrected chi connectivity index (χ4v) is 4.92. The van der Waals surface area contributed by atoms with Gasteiger partial charge in [-0.3, -0.25) is 10.1 Å². The second-order valence-corrected chi connectivity index (χ2v) is 8.29. The Bertz CT molecular complexity index is 983. The summed E-state index contributed by atoms with van der Waals surface area (Å²) in [5, 5.41) is 4.65. The second kappa shape index (κ2) is 5.99. The number of aromatic nitrogens is 1. The average molecular weight is 354 g/mol. The molecule has 0 aliphatic heterocycles. The van der Waals surface area contributed by atoms with Crippen LogP contribution in [0, 0.1) is 26.7 Å². The molecule has 1 amide bonds. The van der Waals surface area contributed by atoms with Crippen molar-refractivity contribution in [3.63, 3.8) is 0 Å². The lowest BCUT2D eigenvalue weighted by atomic mass is 9.93. The summed E-state index contributed by atoms with van der Waals surface area (Å²) in [6.07, 6.45) is 3.24. The number of fused-ring (bicyclic) bond motifs is 2. The summed E-state index contributed by atoms with van der Waals surface area (Å²) in [5.74, 6) is 0.857. The van der Waals surface area contributed by atoms with Crippen LogP contribution in [0.15, 0.2) is 16.5 Å². The Balaban J connectivity index is 1.65. The quantitative estimate of drug-likeness (QED) is 0.689. The zero-order chi connectivity index (χ0) is 17.7. The smallest absolute Gasteiger partial charge is 0.293 e. The van der Waals surface area contributed by atoms with Crippen molar-refractivity contribution in [2.45, 2.75) is 47.0 Å². The number of aryl methyl sites for hydroxylation is 4. The second-order valence-electron chi connectivity index (χ2n) is 7.20. The normalized spacial score (nSPS) is 16.9. The molecule has 0 radical (unpaired) electrons. The average Bonchev–Trinajstić information content (AvgIpc) is 3.07. The van der Waals surface area contributed by atoms with Crippen molar-refractivity contribution in [2.24, 2.45) is 5.92 Å². The topological polar surface area (TPSA) is 55.1 Å². The number of thiazole rings is 1. The van der Waals surface area contributed by atoms with Gasteiger partial charge in [-0.1, -0.05) is 13.0 Å². The third-order valence-electron chi connectivity index (χ3n) is 4.98. The van der Waals surface area contributed by atoms with Crippen LogP contribution in [0.4, 0.5) is 5.13 Å². The van der Waals surface area contributed by atoms with E-state index in [1.807, 2.05) is 19.9 Å². The standard InChI is InChI=1S/C20H22N2O2S/c1-10-5-6-14-16(9-10)25-20(21-14)22-19(23)18-13(4)17-12(3)7-11(2)8-15(17)24-18/h7-8,10H,5-6,9H2,1-4H3,(H,21,22,23)/t10-/m1/s1. The maximum atomic E-state index is 12.7. The van der Waals surface area contributed by atoms with Crippen molar-refractivity contribution in [1.29, 1.82) is 0 Å². The van der Waals surface area contributed by atoms with Crippen LogP contribution in [0.3, 0.4) is 0 Å². The molecule has 130 valence electrons. The van der Waals surface area contributed by atoms with Gasteiger partial charge in [0.05, 0.1) is 5.69 Å². The summed E-state index contributed by atoms with van der Waals surface area (Å²) in [6, 6.07) is 4.10. The Labute approximate surface area is 151 Å². The SMILES string of the molecule is Cc1cc(C)c2c(C)c(C(=O)Nc3nc4c(s3)C[C@H](C)CC4)oc2c1. The van der Waals surface area contributed by atoms with Gasteiger partial charge in [-0.05, 0) is 63.1 Å². The van der Waals surface area contributed by atoms with Gasteiger partial charge in [0.15, 0.2) is 10.9 Å². The van der Waals surface area contributed by atoms with Gasteiger partial charge < -0.3 is 4.42 Å². The molecule has 2 heterocycles. The third-order valence-corrected chi connectivity index (χ3v) is 6.02. The highest BCUT2D eigenvalue weighted by atomic mass is 32.1. The van der Waals surface area contributed by atoms with Gasteiger partial charge in [-0.15, -0.1) is 11.3 Å². The highest BCUT2D eigenvalue weighted by Crippen LogP contribution is 2.33. The lowest BCUT2D eigenvalue weighted by Gasteiger charge is -2.15. The van der Waals surface area contributed by atoms with Crippen molar-refractivity contribution in [1.82, 2.24) is 4.98 Å². The molecule has 1 N–H and O–H groups in total. The molecule has 5 heteroatoms. The number of nitrogens with one attached hydrogen (secondary N) is 1. The summed E-state index contributed by atoms with van der Waals surface area (Å²) < 4.78 is 5.88. The molecular formula is C20H22N2O2S. The van der Waals surface area contributed by atoms with Gasteiger partial charge in [-0.2, -0.15) is 0 Å². The van der Waals surface area contributed by atoms with Crippen molar-refractivity contribution >= 4 is 33.3 Å². The summed E-state index contributed by atoms with van der Waals surface area (Å²) in [7, 11) is 0. The van der Waals surface area contributed by atoms with Gasteiger partial charge in [0, 0.05) is 15.8 Å². The lowest BCUT2D eigenvalue weighted by Crippen LogP contribution is -2.12. The number of nitrogens with zero attached hydrogens (tertiary/aromatic N) is 1. The van der Waals surface area contributed by atoms with E-state index in [1.54, 1.807) is 11.3 Å². The maximum Gasteiger partial charge on any atom is 0.293 e. The third kappa shape index (κ3) is 2.86. The van der Waals surface area contributed by atoms with E-state index in [-0.39, 0.29) is 5.91 Å². The van der Waals surface area contributed by atoms with Crippen LogP contribution in [-0.4, -0.2) is 10.9 Å². The minimum Gasteiger partial charge on any atom is -0.451 e. The minimum absolute atomic E-state index is 0.218. The van der Waals surface area contributed by atoms with Crippen LogP contribution >= 0.6 is 11.3 Å². The number of carbonyl (C=O) groups is 1. The number of anilines is 1. The Hall–Kier alpha value is -2.14. The first-order valence-electron chi connectivity index (χ1n) is 8.72. The Kier molecular flexibility index (Phi) is 3.91. The van der Waals surface area contributed by atoms with Crippen molar-refractivity contribution in [3.05, 3.63) is 45.2 Å². The van der Waals surface area contributed by atoms with Gasteiger partial charge in [0.25, 0.3) is 5.91 Å². The molecule has 0 spiro atoms. The van der Waals surface area contributed by atoms with Crippen LogP contribution in [0.2, 0.25) is 0 Å². The first-order valence-corrected chi connectivity index (χ1v) is 9.54. The zero-order valence-corrected chi connectivity index (χ0v) is 15.8. The monoisotopic (exact) mass is 354 g/mol. The summed E-state index contributed by atoms with van der Waals surface area (Å²) in [5.41, 5.74) is 5.07. The van der Waals surface area contributed by atoms with E-state index < -0.39 is 0 Å². The van der Waals surface area contributed by atoms with Gasteiger partial charge in [0.1, 0.15) is 5.58 Å². The fraction of sp³-hybridized carbons (Fsp3) is 0.400. The van der Waals surface area contributed by atoms with E-state index in [0.717, 1.165) is 46.2 Å². The largest absolute Gasteiger partial charge is 0.451 e. The first-order chi connectivity index (χ1) is 11.9. The van der Waals surface area contributed by atoms with E-state index in [4.69, 9.17) is 4.42 Å². The van der Waals surface area contributed by atoms with Crippen LogP contribution in [-0.2, 0) is 12.8 Å². The summed E-state index contributed by atoms with van der Waals surface area (Å²) >= 11 is 1.60. The van der Waals surface area contributed by atoms with Crippen LogP contribution in [0.1, 0.15) is 51.2 Å². The molecule has 0 saturated heterocycles. The lowest BCUT2D eigenvalue weighted by molar-refractivity contribution is 0.0998. The molecule has 1 aliphatic rings. The Morgan fingerprint density at radius 1 is 1.32 bits per heavy atom. The number of hydrogen-bond donors (Lipinski definition) is 1. The Morgan fingerprint density at radius 3 is 2.92 bits per heavy atom. The van der Waals surface area contributed by atoms with E-state index in [1.165, 1.54) is 11.3 Å². The zero-order valence-electron chi connectivity index (χ0n) is 15.0. The molecule has 1 atom stereocenters. The highest BCUT2D eigenvalue weighted by molar-refractivity contribution is 7.15. The highest BCUT2D eigenvalue weighted by Gasteiger charge is 2.23. The number of rotatable bonds is 2. The predicted molar refractivity (Wildman–Crippen MR) is 102 cm³/mol. The van der Waals surface area contributed by atoms with Crippen LogP contribution in [0.25, 0.3) is 11.0 Å². The minimum atomic E-state index is -0.218. The molecule has 4 rings (SSSR count). The van der Waals surface area contributed by atoms with Crippen molar-refractivity contribution in [2.75, 3.05) is 5.32 Å². The number of furan rings is 1. The molecule has 25 heavy (non-hydrogen) atoms. The van der Waals surface area contributed by atoms with Gasteiger partial charge in [-0.25, -0.2) is 4.98 Å². The summed E-state index contributed by atoms with van der Waals surface area (Å²) in [4.78, 5) is 18.7. The Morgan fingerprint density at radius 2 is 2.12 bits per heavy atom. The molecule has 2 aromatic heterocycles. The molecule has 0 fully saturated rings. The van der Waals surface area contributed by atoms with E-state index in [2.05, 4.69) is 30.2 Å². The van der Waals surface area contributed by atoms with E-state index >= 15 is 0 Å². The molecule has 3 aromatic rings. The van der Waals surface area contributed by atoms with Gasteiger partial charge in [0.2, 0.25) is 0 Å². The molecule has 0 unspecified atom stereocenters. The van der Waals surface area contributed by atoms with Gasteiger partial charge >= 0.3 is 0 Å². The number of benzene rings is 1. The molecule has 1 aromatic carbocycles. The number of amides is 1. The molecule has 0 saturated carbocycles. The molecule has 4 nitrogen and oxygen atoms in total. The molecule has 1 aliphatic carbocycles. The predicted octanol–water partition coefficient (Wildman–Crippen LogP) is 5.19. The van der Waals surface area contributed by atoms with Crippen LogP contribution < -0.4 is 5.32 Å². The first kappa shape index (κ1) is 16.3. The molecule has 0 bridgehead atoms. The fourth-order valence-electron chi connectivity index (χ4n) is 3.75. The maximum absolute atomic E-state index is 12.7. The van der Waals surface area contributed by atoms with E-state index in [9.17, 15) is 4.79 Å². The van der Waals surface area contributed by atoms with E-state index in [0.29, 0.717) is 16.8 Å². The molecular weight excluding hydrogens is 332 g/mol. The van der Waals surface area contributed by atoms with Crippen molar-refractivity contribution < 1.29 is 9.21 Å². The van der Waals surface area contributed by atoms with Crippen molar-refractivity contribution in [3.8, 4) is 0 Å².